The van der Waals surface area contributed by atoms with E-state index in [9.17, 15) is 27.9 Å². The molecule has 1 heterocycles. The molecule has 3 unspecified atom stereocenters. The smallest absolute Gasteiger partial charge is 0.326 e. The van der Waals surface area contributed by atoms with Gasteiger partial charge >= 0.3 is 5.97 Å². The minimum Gasteiger partial charge on any atom is -0.480 e. The summed E-state index contributed by atoms with van der Waals surface area (Å²) in [6.45, 7) is 0.0972. The van der Waals surface area contributed by atoms with Gasteiger partial charge in [-0.25, -0.2) is 13.2 Å². The fourth-order valence-electron chi connectivity index (χ4n) is 5.01. The van der Waals surface area contributed by atoms with E-state index in [1.807, 2.05) is 6.08 Å². The van der Waals surface area contributed by atoms with Gasteiger partial charge in [-0.3, -0.25) is 9.59 Å². The molecule has 0 radical (unpaired) electrons. The van der Waals surface area contributed by atoms with E-state index in [0.717, 1.165) is 9.88 Å². The quantitative estimate of drug-likeness (QED) is 0.311. The maximum absolute atomic E-state index is 13.3. The highest BCUT2D eigenvalue weighted by Crippen LogP contribution is 2.31. The molecule has 2 aromatic rings. The van der Waals surface area contributed by atoms with Crippen LogP contribution in [-0.2, 0) is 19.6 Å². The van der Waals surface area contributed by atoms with Crippen LogP contribution in [0.2, 0.25) is 20.1 Å². The molecule has 4 rings (SSSR count). The number of halogens is 4. The Morgan fingerprint density at radius 1 is 1.02 bits per heavy atom. The Bertz CT molecular complexity index is 1460. The fourth-order valence-corrected chi connectivity index (χ4v) is 7.96. The average Bonchev–Trinajstić information content (AvgIpc) is 3.40. The second-order valence-electron chi connectivity index (χ2n) is 9.89. The third kappa shape index (κ3) is 7.55. The first-order valence-electron chi connectivity index (χ1n) is 12.8. The maximum Gasteiger partial charge on any atom is 0.326 e. The first-order valence-corrected chi connectivity index (χ1v) is 15.8. The van der Waals surface area contributed by atoms with Crippen LogP contribution in [0.15, 0.2) is 52.9 Å². The number of nitrogens with zero attached hydrogens (tertiary/aromatic N) is 1. The fraction of sp³-hybridized carbons (Fsp3) is 0.370. The van der Waals surface area contributed by atoms with Crippen molar-refractivity contribution in [1.82, 2.24) is 14.9 Å². The number of carboxylic acid groups (broad SMARTS) is 1. The van der Waals surface area contributed by atoms with E-state index in [2.05, 4.69) is 10.6 Å². The van der Waals surface area contributed by atoms with Crippen LogP contribution in [-0.4, -0.2) is 60.3 Å². The molecule has 0 aromatic heterocycles. The molecule has 1 fully saturated rings. The van der Waals surface area contributed by atoms with E-state index in [4.69, 9.17) is 46.4 Å². The molecule has 2 amide bonds. The van der Waals surface area contributed by atoms with Crippen LogP contribution in [0.5, 0.6) is 0 Å². The average molecular weight is 663 g/mol. The van der Waals surface area contributed by atoms with Gasteiger partial charge < -0.3 is 15.7 Å². The minimum absolute atomic E-state index is 0.0431. The summed E-state index contributed by atoms with van der Waals surface area (Å²) in [6.07, 6.45) is 4.07. The van der Waals surface area contributed by atoms with Crippen LogP contribution in [0, 0.1) is 0 Å². The lowest BCUT2D eigenvalue weighted by molar-refractivity contribution is -0.142. The third-order valence-electron chi connectivity index (χ3n) is 7.06. The lowest BCUT2D eigenvalue weighted by Crippen LogP contribution is -2.51. The van der Waals surface area contributed by atoms with Crippen molar-refractivity contribution < 1.29 is 27.9 Å². The summed E-state index contributed by atoms with van der Waals surface area (Å²) in [5.41, 5.74) is 1.00. The third-order valence-corrected chi connectivity index (χ3v) is 10.0. The number of carbonyl (C=O) groups excluding carboxylic acids is 2. The molecule has 9 nitrogen and oxygen atoms in total. The number of carbonyl (C=O) groups is 3. The minimum atomic E-state index is -4.11. The first kappa shape index (κ1) is 31.6. The SMILES string of the molecule is O=C(NC1CC=C(CC(NC(=O)C2CCCN2S(=O)(=O)c2cc(Cl)cc(Cl)c2)C(=O)O)CC1)c1c(Cl)cccc1Cl. The Morgan fingerprint density at radius 2 is 1.68 bits per heavy atom. The summed E-state index contributed by atoms with van der Waals surface area (Å²) in [5.74, 6) is -2.32. The molecule has 0 spiro atoms. The van der Waals surface area contributed by atoms with Gasteiger partial charge in [0, 0.05) is 22.6 Å². The van der Waals surface area contributed by atoms with Gasteiger partial charge in [-0.2, -0.15) is 4.31 Å². The van der Waals surface area contributed by atoms with Crippen LogP contribution < -0.4 is 10.6 Å². The molecule has 3 N–H and O–H groups in total. The number of sulfonamides is 1. The summed E-state index contributed by atoms with van der Waals surface area (Å²) in [7, 11) is -4.11. The van der Waals surface area contributed by atoms with Crippen LogP contribution >= 0.6 is 46.4 Å². The lowest BCUT2D eigenvalue weighted by Gasteiger charge is -2.27. The largest absolute Gasteiger partial charge is 0.480 e. The summed E-state index contributed by atoms with van der Waals surface area (Å²) in [4.78, 5) is 37.8. The van der Waals surface area contributed by atoms with E-state index in [1.54, 1.807) is 18.2 Å². The van der Waals surface area contributed by atoms with E-state index < -0.39 is 39.9 Å². The molecule has 2 aliphatic rings. The van der Waals surface area contributed by atoms with Crippen molar-refractivity contribution in [2.24, 2.45) is 0 Å². The molecular weight excluding hydrogens is 636 g/mol. The Hall–Kier alpha value is -2.34. The number of aliphatic carboxylic acids is 1. The lowest BCUT2D eigenvalue weighted by atomic mass is 9.91. The summed E-state index contributed by atoms with van der Waals surface area (Å²) < 4.78 is 27.6. The number of hydrogen-bond donors (Lipinski definition) is 3. The number of carboxylic acids is 1. The van der Waals surface area contributed by atoms with Crippen molar-refractivity contribution in [2.45, 2.75) is 61.5 Å². The monoisotopic (exact) mass is 661 g/mol. The Balaban J connectivity index is 1.39. The zero-order valence-corrected chi connectivity index (χ0v) is 25.4. The van der Waals surface area contributed by atoms with Gasteiger partial charge in [-0.1, -0.05) is 64.1 Å². The van der Waals surface area contributed by atoms with Crippen molar-refractivity contribution >= 4 is 74.2 Å². The van der Waals surface area contributed by atoms with Gasteiger partial charge in [-0.15, -0.1) is 0 Å². The molecule has 220 valence electrons. The number of rotatable bonds is 9. The van der Waals surface area contributed by atoms with Crippen LogP contribution in [0.3, 0.4) is 0 Å². The Labute approximate surface area is 257 Å². The van der Waals surface area contributed by atoms with E-state index in [-0.39, 0.29) is 56.0 Å². The summed E-state index contributed by atoms with van der Waals surface area (Å²) >= 11 is 24.2. The molecule has 41 heavy (non-hydrogen) atoms. The van der Waals surface area contributed by atoms with Gasteiger partial charge in [0.05, 0.1) is 20.5 Å². The van der Waals surface area contributed by atoms with Gasteiger partial charge in [-0.05, 0) is 68.9 Å². The highest BCUT2D eigenvalue weighted by atomic mass is 35.5. The van der Waals surface area contributed by atoms with Crippen LogP contribution in [0.25, 0.3) is 0 Å². The van der Waals surface area contributed by atoms with Gasteiger partial charge in [0.1, 0.15) is 12.1 Å². The summed E-state index contributed by atoms with van der Waals surface area (Å²) in [5, 5.41) is 16.0. The molecule has 0 bridgehead atoms. The molecule has 3 atom stereocenters. The molecular formula is C27H27Cl4N3O6S. The molecule has 1 aliphatic carbocycles. The van der Waals surface area contributed by atoms with Crippen molar-refractivity contribution in [3.63, 3.8) is 0 Å². The van der Waals surface area contributed by atoms with E-state index in [0.29, 0.717) is 25.7 Å². The van der Waals surface area contributed by atoms with Crippen molar-refractivity contribution in [3.05, 3.63) is 73.7 Å². The topological polar surface area (TPSA) is 133 Å². The first-order chi connectivity index (χ1) is 19.4. The van der Waals surface area contributed by atoms with Crippen molar-refractivity contribution in [1.29, 1.82) is 0 Å². The number of amides is 2. The summed E-state index contributed by atoms with van der Waals surface area (Å²) in [6, 6.07) is 6.18. The van der Waals surface area contributed by atoms with Crippen molar-refractivity contribution in [3.8, 4) is 0 Å². The predicted octanol–water partition coefficient (Wildman–Crippen LogP) is 5.32. The number of hydrogen-bond acceptors (Lipinski definition) is 5. The predicted molar refractivity (Wildman–Crippen MR) is 157 cm³/mol. The van der Waals surface area contributed by atoms with Crippen molar-refractivity contribution in [2.75, 3.05) is 6.54 Å². The molecule has 14 heteroatoms. The van der Waals surface area contributed by atoms with Crippen LogP contribution in [0.4, 0.5) is 0 Å². The highest BCUT2D eigenvalue weighted by molar-refractivity contribution is 7.89. The highest BCUT2D eigenvalue weighted by Gasteiger charge is 2.41. The van der Waals surface area contributed by atoms with Crippen LogP contribution in [0.1, 0.15) is 48.9 Å². The molecule has 2 aromatic carbocycles. The van der Waals surface area contributed by atoms with Gasteiger partial charge in [0.2, 0.25) is 15.9 Å². The second-order valence-corrected chi connectivity index (χ2v) is 13.5. The molecule has 1 aliphatic heterocycles. The standard InChI is InChI=1S/C27H27Cl4N3O6S/c28-16-12-17(29)14-19(13-16)41(39,40)34-10-2-5-23(34)25(35)33-22(27(37)38)11-15-6-8-18(9-7-15)32-26(36)24-20(30)3-1-4-21(24)31/h1,3-4,6,12-14,18,22-23H,2,5,7-11H2,(H,32,36)(H,33,35)(H,37,38). The Kier molecular flexibility index (Phi) is 10.3. The van der Waals surface area contributed by atoms with Gasteiger partial charge in [0.25, 0.3) is 5.91 Å². The maximum atomic E-state index is 13.3. The van der Waals surface area contributed by atoms with E-state index in [1.165, 1.54) is 18.2 Å². The zero-order valence-electron chi connectivity index (χ0n) is 21.6. The normalized spacial score (nSPS) is 20.2. The molecule has 1 saturated heterocycles. The Morgan fingerprint density at radius 3 is 2.27 bits per heavy atom. The molecule has 0 saturated carbocycles. The second kappa shape index (κ2) is 13.3. The van der Waals surface area contributed by atoms with Gasteiger partial charge in [0.15, 0.2) is 0 Å². The van der Waals surface area contributed by atoms with E-state index >= 15 is 0 Å². The number of nitrogens with one attached hydrogen (secondary N) is 2. The number of benzene rings is 2. The zero-order chi connectivity index (χ0) is 29.9.